The molecule has 4 rings (SSSR count). The molecule has 0 radical (unpaired) electrons. The third-order valence-electron chi connectivity index (χ3n) is 5.18. The maximum atomic E-state index is 13.1. The number of hydrogen-bond donors (Lipinski definition) is 1. The van der Waals surface area contributed by atoms with E-state index in [9.17, 15) is 14.7 Å². The second-order valence-corrected chi connectivity index (χ2v) is 8.30. The predicted octanol–water partition coefficient (Wildman–Crippen LogP) is 5.06. The number of benzene rings is 1. The number of rotatable bonds is 7. The van der Waals surface area contributed by atoms with Crippen molar-refractivity contribution in [2.24, 2.45) is 0 Å². The summed E-state index contributed by atoms with van der Waals surface area (Å²) < 4.78 is 11.1. The monoisotopic (exact) mass is 437 g/mol. The Kier molecular flexibility index (Phi) is 5.95. The number of aliphatic hydroxyl groups is 1. The molecule has 0 saturated carbocycles. The van der Waals surface area contributed by atoms with Gasteiger partial charge in [0, 0.05) is 10.4 Å². The Morgan fingerprint density at radius 3 is 2.74 bits per heavy atom. The van der Waals surface area contributed by atoms with E-state index in [1.165, 1.54) is 22.5 Å². The fourth-order valence-corrected chi connectivity index (χ4v) is 4.71. The average Bonchev–Trinajstić information content (AvgIpc) is 3.49. The minimum atomic E-state index is -0.707. The van der Waals surface area contributed by atoms with E-state index >= 15 is 0 Å². The molecule has 6 nitrogen and oxygen atoms in total. The van der Waals surface area contributed by atoms with Crippen molar-refractivity contribution in [3.8, 4) is 5.75 Å². The van der Waals surface area contributed by atoms with Crippen LogP contribution in [0.1, 0.15) is 41.2 Å². The minimum absolute atomic E-state index is 0.0785. The Hall–Kier alpha value is -3.32. The van der Waals surface area contributed by atoms with Gasteiger partial charge >= 0.3 is 0 Å². The lowest BCUT2D eigenvalue weighted by atomic mass is 9.98. The molecule has 1 unspecified atom stereocenters. The predicted molar refractivity (Wildman–Crippen MR) is 118 cm³/mol. The van der Waals surface area contributed by atoms with Gasteiger partial charge in [0.15, 0.2) is 0 Å². The standard InChI is InChI=1S/C24H23NO5S/c1-3-10-29-17-7-4-6-16(13-17)21(26)19-20(23-15(2)9-12-31-23)25(24(28)22(19)27)14-18-8-5-11-30-18/h4-9,11-13,20,26H,3,10,14H2,1-2H3/b21-19-. The van der Waals surface area contributed by atoms with Crippen LogP contribution in [0.3, 0.4) is 0 Å². The van der Waals surface area contributed by atoms with E-state index in [-0.39, 0.29) is 17.9 Å². The zero-order chi connectivity index (χ0) is 22.0. The molecule has 1 N–H and O–H groups in total. The number of nitrogens with zero attached hydrogens (tertiary/aromatic N) is 1. The van der Waals surface area contributed by atoms with Gasteiger partial charge in [-0.1, -0.05) is 19.1 Å². The molecule has 1 aromatic carbocycles. The number of aliphatic hydroxyl groups excluding tert-OH is 1. The average molecular weight is 438 g/mol. The molecule has 0 bridgehead atoms. The highest BCUT2D eigenvalue weighted by Gasteiger charge is 2.47. The highest BCUT2D eigenvalue weighted by molar-refractivity contribution is 7.10. The van der Waals surface area contributed by atoms with Crippen molar-refractivity contribution in [3.05, 3.63) is 81.4 Å². The van der Waals surface area contributed by atoms with E-state index in [4.69, 9.17) is 9.15 Å². The van der Waals surface area contributed by atoms with Crippen LogP contribution < -0.4 is 4.74 Å². The van der Waals surface area contributed by atoms with Gasteiger partial charge in [-0.15, -0.1) is 11.3 Å². The van der Waals surface area contributed by atoms with E-state index in [2.05, 4.69) is 0 Å². The van der Waals surface area contributed by atoms with E-state index in [1.54, 1.807) is 36.4 Å². The van der Waals surface area contributed by atoms with Crippen molar-refractivity contribution < 1.29 is 23.8 Å². The molecule has 0 aliphatic carbocycles. The van der Waals surface area contributed by atoms with Crippen LogP contribution in [0.4, 0.5) is 0 Å². The molecule has 2 aromatic heterocycles. The highest BCUT2D eigenvalue weighted by Crippen LogP contribution is 2.43. The van der Waals surface area contributed by atoms with Crippen molar-refractivity contribution in [2.45, 2.75) is 32.9 Å². The first-order valence-corrected chi connectivity index (χ1v) is 11.0. The van der Waals surface area contributed by atoms with Crippen LogP contribution in [0.5, 0.6) is 5.75 Å². The molecule has 1 amide bonds. The number of furan rings is 1. The summed E-state index contributed by atoms with van der Waals surface area (Å²) in [5.41, 5.74) is 1.46. The second kappa shape index (κ2) is 8.81. The summed E-state index contributed by atoms with van der Waals surface area (Å²) in [5.74, 6) is -0.411. The maximum absolute atomic E-state index is 13.1. The highest BCUT2D eigenvalue weighted by atomic mass is 32.1. The number of ether oxygens (including phenoxy) is 1. The lowest BCUT2D eigenvalue weighted by molar-refractivity contribution is -0.140. The summed E-state index contributed by atoms with van der Waals surface area (Å²) >= 11 is 1.45. The zero-order valence-corrected chi connectivity index (χ0v) is 18.1. The van der Waals surface area contributed by atoms with Gasteiger partial charge in [0.25, 0.3) is 11.7 Å². The SMILES string of the molecule is CCCOc1cccc(/C(O)=C2/C(=O)C(=O)N(Cc3ccco3)C2c2sccc2C)c1. The second-order valence-electron chi connectivity index (χ2n) is 7.35. The lowest BCUT2D eigenvalue weighted by Gasteiger charge is -2.24. The number of carbonyl (C=O) groups is 2. The number of Topliss-reactive ketones (excluding diaryl/α,β-unsaturated/α-hetero) is 1. The van der Waals surface area contributed by atoms with E-state index in [0.717, 1.165) is 16.9 Å². The van der Waals surface area contributed by atoms with Crippen LogP contribution in [-0.2, 0) is 16.1 Å². The number of likely N-dealkylation sites (tertiary alicyclic amines) is 1. The van der Waals surface area contributed by atoms with Gasteiger partial charge in [0.2, 0.25) is 0 Å². The third-order valence-corrected chi connectivity index (χ3v) is 6.25. The number of amides is 1. The van der Waals surface area contributed by atoms with Crippen molar-refractivity contribution in [1.82, 2.24) is 4.90 Å². The number of aryl methyl sites for hydroxylation is 1. The fraction of sp³-hybridized carbons (Fsp3) is 0.250. The van der Waals surface area contributed by atoms with Crippen LogP contribution >= 0.6 is 11.3 Å². The zero-order valence-electron chi connectivity index (χ0n) is 17.3. The van der Waals surface area contributed by atoms with Gasteiger partial charge in [-0.05, 0) is 54.6 Å². The molecule has 3 heterocycles. The van der Waals surface area contributed by atoms with E-state index in [1.807, 2.05) is 25.3 Å². The van der Waals surface area contributed by atoms with E-state index < -0.39 is 17.7 Å². The molecular formula is C24H23NO5S. The fourth-order valence-electron chi connectivity index (χ4n) is 3.66. The van der Waals surface area contributed by atoms with Crippen molar-refractivity contribution in [1.29, 1.82) is 0 Å². The molecule has 1 aliphatic heterocycles. The van der Waals surface area contributed by atoms with E-state index in [0.29, 0.717) is 23.7 Å². The van der Waals surface area contributed by atoms with Crippen LogP contribution in [0.2, 0.25) is 0 Å². The van der Waals surface area contributed by atoms with Gasteiger partial charge in [-0.25, -0.2) is 0 Å². The van der Waals surface area contributed by atoms with Crippen molar-refractivity contribution in [2.75, 3.05) is 6.61 Å². The number of hydrogen-bond acceptors (Lipinski definition) is 6. The summed E-state index contributed by atoms with van der Waals surface area (Å²) in [6, 6.07) is 11.7. The molecule has 31 heavy (non-hydrogen) atoms. The van der Waals surface area contributed by atoms with Gasteiger partial charge in [-0.3, -0.25) is 9.59 Å². The van der Waals surface area contributed by atoms with Crippen LogP contribution in [0, 0.1) is 6.92 Å². The molecule has 7 heteroatoms. The molecule has 1 saturated heterocycles. The Labute approximate surface area is 184 Å². The van der Waals surface area contributed by atoms with Crippen LogP contribution in [0.25, 0.3) is 5.76 Å². The maximum Gasteiger partial charge on any atom is 0.296 e. The minimum Gasteiger partial charge on any atom is -0.507 e. The van der Waals surface area contributed by atoms with Gasteiger partial charge in [0.05, 0.1) is 25.0 Å². The van der Waals surface area contributed by atoms with Crippen molar-refractivity contribution >= 4 is 28.8 Å². The first-order valence-electron chi connectivity index (χ1n) is 10.1. The normalized spacial score (nSPS) is 18.0. The quantitative estimate of drug-likeness (QED) is 0.317. The summed E-state index contributed by atoms with van der Waals surface area (Å²) in [7, 11) is 0. The van der Waals surface area contributed by atoms with Gasteiger partial charge in [-0.2, -0.15) is 0 Å². The number of ketones is 1. The molecule has 1 atom stereocenters. The Morgan fingerprint density at radius 1 is 1.23 bits per heavy atom. The lowest BCUT2D eigenvalue weighted by Crippen LogP contribution is -2.28. The van der Waals surface area contributed by atoms with Crippen LogP contribution in [-0.4, -0.2) is 28.3 Å². The molecular weight excluding hydrogens is 414 g/mol. The molecule has 0 spiro atoms. The third kappa shape index (κ3) is 4.01. The smallest absolute Gasteiger partial charge is 0.296 e. The molecule has 3 aromatic rings. The van der Waals surface area contributed by atoms with Crippen LogP contribution in [0.15, 0.2) is 64.1 Å². The van der Waals surface area contributed by atoms with Gasteiger partial charge in [0.1, 0.15) is 23.3 Å². The number of thiophene rings is 1. The number of carbonyl (C=O) groups excluding carboxylic acids is 2. The summed E-state index contributed by atoms with van der Waals surface area (Å²) in [6.07, 6.45) is 2.38. The Balaban J connectivity index is 1.81. The Bertz CT molecular complexity index is 1130. The first-order chi connectivity index (χ1) is 15.0. The summed E-state index contributed by atoms with van der Waals surface area (Å²) in [6.45, 7) is 4.62. The largest absolute Gasteiger partial charge is 0.507 e. The molecule has 160 valence electrons. The topological polar surface area (TPSA) is 80.0 Å². The molecule has 1 fully saturated rings. The van der Waals surface area contributed by atoms with Gasteiger partial charge < -0.3 is 19.2 Å². The van der Waals surface area contributed by atoms with Crippen molar-refractivity contribution in [3.63, 3.8) is 0 Å². The summed E-state index contributed by atoms with van der Waals surface area (Å²) in [4.78, 5) is 28.3. The summed E-state index contributed by atoms with van der Waals surface area (Å²) in [5, 5.41) is 13.1. The first kappa shape index (κ1) is 20.9. The molecule has 1 aliphatic rings. The Morgan fingerprint density at radius 2 is 2.06 bits per heavy atom.